The maximum Gasteiger partial charge on any atom is 0.255 e. The van der Waals surface area contributed by atoms with Crippen molar-refractivity contribution >= 4 is 17.3 Å². The first-order valence-electron chi connectivity index (χ1n) is 12.5. The SMILES string of the molecule is COc1c(F)cccc1Nc1c(-c2ccncc2OC[C@@H]2COCCN2C)[nH]c2c1C(=O)NCC21CC1. The number of hydrogen-bond donors (Lipinski definition) is 3. The topological polar surface area (TPSA) is 101 Å². The summed E-state index contributed by atoms with van der Waals surface area (Å²) >= 11 is 0. The first-order chi connectivity index (χ1) is 18.0. The zero-order chi connectivity index (χ0) is 25.6. The number of pyridine rings is 1. The molecule has 3 N–H and O–H groups in total. The second-order valence-electron chi connectivity index (χ2n) is 9.93. The van der Waals surface area contributed by atoms with Crippen molar-refractivity contribution in [3.8, 4) is 22.8 Å². The van der Waals surface area contributed by atoms with Gasteiger partial charge in [-0.3, -0.25) is 14.7 Å². The van der Waals surface area contributed by atoms with Gasteiger partial charge >= 0.3 is 0 Å². The molecule has 6 rings (SSSR count). The van der Waals surface area contributed by atoms with Crippen LogP contribution < -0.4 is 20.1 Å². The average Bonchev–Trinajstić information content (AvgIpc) is 3.59. The van der Waals surface area contributed by atoms with Gasteiger partial charge in [-0.05, 0) is 38.1 Å². The monoisotopic (exact) mass is 507 g/mol. The fourth-order valence-corrected chi connectivity index (χ4v) is 5.21. The number of anilines is 2. The minimum atomic E-state index is -0.492. The molecule has 0 unspecified atom stereocenters. The molecule has 3 aliphatic rings. The van der Waals surface area contributed by atoms with Gasteiger partial charge in [0, 0.05) is 36.0 Å². The van der Waals surface area contributed by atoms with Crippen LogP contribution in [0.3, 0.4) is 0 Å². The van der Waals surface area contributed by atoms with Crippen LogP contribution in [-0.2, 0) is 10.2 Å². The molecule has 2 aromatic heterocycles. The summed E-state index contributed by atoms with van der Waals surface area (Å²) in [6, 6.07) is 6.64. The number of benzene rings is 1. The fourth-order valence-electron chi connectivity index (χ4n) is 5.21. The predicted octanol–water partition coefficient (Wildman–Crippen LogP) is 3.45. The van der Waals surface area contributed by atoms with Crippen LogP contribution in [-0.4, -0.2) is 73.9 Å². The summed E-state index contributed by atoms with van der Waals surface area (Å²) in [7, 11) is 3.48. The number of likely N-dealkylation sites (N-methyl/N-ethyl adjacent to an activating group) is 1. The Morgan fingerprint density at radius 1 is 1.32 bits per heavy atom. The molecule has 9 nitrogen and oxygen atoms in total. The molecule has 1 saturated carbocycles. The van der Waals surface area contributed by atoms with Crippen LogP contribution >= 0.6 is 0 Å². The molecule has 2 fully saturated rings. The van der Waals surface area contributed by atoms with Crippen molar-refractivity contribution < 1.29 is 23.4 Å². The Bertz CT molecular complexity index is 1340. The number of hydrogen-bond acceptors (Lipinski definition) is 7. The number of nitrogens with zero attached hydrogens (tertiary/aromatic N) is 2. The maximum absolute atomic E-state index is 14.5. The second-order valence-corrected chi connectivity index (χ2v) is 9.93. The first-order valence-corrected chi connectivity index (χ1v) is 12.5. The van der Waals surface area contributed by atoms with E-state index in [9.17, 15) is 9.18 Å². The first kappa shape index (κ1) is 23.7. The Kier molecular flexibility index (Phi) is 6.00. The molecule has 194 valence electrons. The number of para-hydroxylation sites is 1. The molecular formula is C27H30FN5O4. The minimum absolute atomic E-state index is 0.0762. The number of aromatic amines is 1. The summed E-state index contributed by atoms with van der Waals surface area (Å²) in [6.07, 6.45) is 5.34. The lowest BCUT2D eigenvalue weighted by Gasteiger charge is -2.32. The van der Waals surface area contributed by atoms with E-state index >= 15 is 0 Å². The van der Waals surface area contributed by atoms with Crippen molar-refractivity contribution in [1.82, 2.24) is 20.2 Å². The number of carbonyl (C=O) groups is 1. The van der Waals surface area contributed by atoms with Crippen LogP contribution in [0.15, 0.2) is 36.7 Å². The summed E-state index contributed by atoms with van der Waals surface area (Å²) < 4.78 is 31.8. The number of carbonyl (C=O) groups excluding carboxylic acids is 1. The van der Waals surface area contributed by atoms with Gasteiger partial charge in [0.2, 0.25) is 0 Å². The highest BCUT2D eigenvalue weighted by molar-refractivity contribution is 6.07. The standard InChI is InChI=1S/C27H30FN5O4/c1-33-10-11-36-13-16(33)14-37-20-12-29-9-6-17(20)22-23(31-19-5-3-4-18(28)24(19)35-2)21-25(32-22)27(7-8-27)15-30-26(21)34/h3-6,9,12,16,31-32H,7-8,10-11,13-15H2,1-2H3,(H,30,34)/t16-/m0/s1. The van der Waals surface area contributed by atoms with Crippen LogP contribution in [0.1, 0.15) is 28.9 Å². The van der Waals surface area contributed by atoms with Crippen molar-refractivity contribution in [3.05, 3.63) is 53.7 Å². The van der Waals surface area contributed by atoms with Gasteiger partial charge in [0.15, 0.2) is 11.6 Å². The van der Waals surface area contributed by atoms with E-state index in [1.54, 1.807) is 24.5 Å². The van der Waals surface area contributed by atoms with E-state index in [-0.39, 0.29) is 23.1 Å². The predicted molar refractivity (Wildman–Crippen MR) is 136 cm³/mol. The zero-order valence-electron chi connectivity index (χ0n) is 20.9. The average molecular weight is 508 g/mol. The summed E-state index contributed by atoms with van der Waals surface area (Å²) in [5.41, 5.74) is 3.74. The van der Waals surface area contributed by atoms with E-state index in [1.807, 2.05) is 6.07 Å². The number of methoxy groups -OCH3 is 1. The number of fused-ring (bicyclic) bond motifs is 2. The largest absolute Gasteiger partial charge is 0.492 e. The summed E-state index contributed by atoms with van der Waals surface area (Å²) in [4.78, 5) is 23.3. The lowest BCUT2D eigenvalue weighted by atomic mass is 9.93. The van der Waals surface area contributed by atoms with E-state index in [1.165, 1.54) is 13.2 Å². The number of H-pyrrole nitrogens is 1. The number of nitrogens with one attached hydrogen (secondary N) is 3. The number of aromatic nitrogens is 2. The third kappa shape index (κ3) is 4.19. The molecule has 2 aliphatic heterocycles. The normalized spacial score (nSPS) is 20.3. The molecule has 3 aromatic rings. The maximum atomic E-state index is 14.5. The molecule has 1 atom stereocenters. The van der Waals surface area contributed by atoms with Crippen molar-refractivity contribution in [1.29, 1.82) is 0 Å². The van der Waals surface area contributed by atoms with E-state index in [0.717, 1.165) is 30.6 Å². The Balaban J connectivity index is 1.44. The van der Waals surface area contributed by atoms with E-state index in [4.69, 9.17) is 14.2 Å². The molecule has 1 spiro atoms. The van der Waals surface area contributed by atoms with Gasteiger partial charge in [0.1, 0.15) is 12.4 Å². The van der Waals surface area contributed by atoms with Gasteiger partial charge in [0.05, 0.1) is 55.2 Å². The number of halogens is 1. The molecule has 0 radical (unpaired) electrons. The third-order valence-electron chi connectivity index (χ3n) is 7.64. The van der Waals surface area contributed by atoms with Crippen LogP contribution in [0.5, 0.6) is 11.5 Å². The molecule has 1 aromatic carbocycles. The number of ether oxygens (including phenoxy) is 3. The summed E-state index contributed by atoms with van der Waals surface area (Å²) in [5, 5.41) is 6.36. The van der Waals surface area contributed by atoms with Crippen molar-refractivity contribution in [2.24, 2.45) is 0 Å². The van der Waals surface area contributed by atoms with Crippen molar-refractivity contribution in [3.63, 3.8) is 0 Å². The Hall–Kier alpha value is -3.63. The highest BCUT2D eigenvalue weighted by atomic mass is 19.1. The summed E-state index contributed by atoms with van der Waals surface area (Å²) in [6.45, 7) is 3.17. The molecule has 1 saturated heterocycles. The van der Waals surface area contributed by atoms with Gasteiger partial charge in [-0.25, -0.2) is 4.39 Å². The lowest BCUT2D eigenvalue weighted by molar-refractivity contribution is -0.0107. The lowest BCUT2D eigenvalue weighted by Crippen LogP contribution is -2.46. The minimum Gasteiger partial charge on any atom is -0.492 e. The molecule has 10 heteroatoms. The van der Waals surface area contributed by atoms with Crippen LogP contribution in [0.2, 0.25) is 0 Å². The van der Waals surface area contributed by atoms with E-state index in [2.05, 4.69) is 32.5 Å². The molecule has 1 amide bonds. The molecular weight excluding hydrogens is 477 g/mol. The Labute approximate surface area is 214 Å². The van der Waals surface area contributed by atoms with Gasteiger partial charge in [0.25, 0.3) is 5.91 Å². The molecule has 37 heavy (non-hydrogen) atoms. The number of rotatable bonds is 7. The van der Waals surface area contributed by atoms with Crippen LogP contribution in [0, 0.1) is 5.82 Å². The van der Waals surface area contributed by atoms with E-state index < -0.39 is 5.82 Å². The van der Waals surface area contributed by atoms with Gasteiger partial charge in [-0.2, -0.15) is 0 Å². The van der Waals surface area contributed by atoms with Gasteiger partial charge in [-0.1, -0.05) is 6.07 Å². The highest BCUT2D eigenvalue weighted by Crippen LogP contribution is 2.54. The molecule has 0 bridgehead atoms. The number of morpholine rings is 1. The zero-order valence-corrected chi connectivity index (χ0v) is 20.9. The van der Waals surface area contributed by atoms with Crippen molar-refractivity contribution in [2.45, 2.75) is 24.3 Å². The second kappa shape index (κ2) is 9.35. The smallest absolute Gasteiger partial charge is 0.255 e. The van der Waals surface area contributed by atoms with E-state index in [0.29, 0.717) is 54.7 Å². The fraction of sp³-hybridized carbons (Fsp3) is 0.407. The Morgan fingerprint density at radius 3 is 2.97 bits per heavy atom. The van der Waals surface area contributed by atoms with Crippen molar-refractivity contribution in [2.75, 3.05) is 52.4 Å². The Morgan fingerprint density at radius 2 is 2.19 bits per heavy atom. The van der Waals surface area contributed by atoms with Gasteiger partial charge < -0.3 is 29.8 Å². The quantitative estimate of drug-likeness (QED) is 0.450. The molecule has 1 aliphatic carbocycles. The summed E-state index contributed by atoms with van der Waals surface area (Å²) in [5.74, 6) is -0.00871. The van der Waals surface area contributed by atoms with Gasteiger partial charge in [-0.15, -0.1) is 0 Å². The number of amides is 1. The van der Waals surface area contributed by atoms with Crippen LogP contribution in [0.25, 0.3) is 11.3 Å². The third-order valence-corrected chi connectivity index (χ3v) is 7.64. The molecule has 4 heterocycles. The highest BCUT2D eigenvalue weighted by Gasteiger charge is 2.51. The van der Waals surface area contributed by atoms with Crippen LogP contribution in [0.4, 0.5) is 15.8 Å².